The molecule has 0 radical (unpaired) electrons. The van der Waals surface area contributed by atoms with Gasteiger partial charge in [0.2, 0.25) is 0 Å². The minimum Gasteiger partial charge on any atom is -0.506 e. The lowest BCUT2D eigenvalue weighted by Crippen LogP contribution is -2.23. The number of hydrogen-bond donors (Lipinski definition) is 3. The highest BCUT2D eigenvalue weighted by molar-refractivity contribution is 5.70. The molecule has 1 heterocycles. The molecule has 0 saturated carbocycles. The van der Waals surface area contributed by atoms with Crippen molar-refractivity contribution in [1.29, 1.82) is 0 Å². The van der Waals surface area contributed by atoms with E-state index < -0.39 is 18.2 Å². The molecule has 2 atom stereocenters. The van der Waals surface area contributed by atoms with Gasteiger partial charge in [0.05, 0.1) is 25.3 Å². The summed E-state index contributed by atoms with van der Waals surface area (Å²) in [7, 11) is 0. The summed E-state index contributed by atoms with van der Waals surface area (Å²) in [5.74, 6) is -0.711. The van der Waals surface area contributed by atoms with Crippen molar-refractivity contribution in [2.45, 2.75) is 25.6 Å². The zero-order chi connectivity index (χ0) is 12.8. The molecular formula is C11H15NO5. The number of aromatic nitrogens is 1. The molecule has 0 aliphatic heterocycles. The van der Waals surface area contributed by atoms with E-state index in [4.69, 9.17) is 5.11 Å². The number of esters is 1. The van der Waals surface area contributed by atoms with E-state index in [1.54, 1.807) is 6.92 Å². The van der Waals surface area contributed by atoms with Gasteiger partial charge in [0, 0.05) is 11.8 Å². The van der Waals surface area contributed by atoms with Crippen molar-refractivity contribution in [2.75, 3.05) is 6.61 Å². The average Bonchev–Trinajstić information content (AvgIpc) is 2.28. The van der Waals surface area contributed by atoms with E-state index in [-0.39, 0.29) is 24.3 Å². The van der Waals surface area contributed by atoms with Crippen molar-refractivity contribution < 1.29 is 24.9 Å². The third-order valence-corrected chi connectivity index (χ3v) is 2.13. The van der Waals surface area contributed by atoms with Crippen LogP contribution in [-0.2, 0) is 9.53 Å². The molecule has 3 N–H and O–H groups in total. The Hall–Kier alpha value is -1.66. The van der Waals surface area contributed by atoms with Crippen LogP contribution in [0.4, 0.5) is 0 Å². The zero-order valence-electron chi connectivity index (χ0n) is 9.41. The minimum atomic E-state index is -1.29. The number of rotatable bonds is 5. The lowest BCUT2D eigenvalue weighted by molar-refractivity contribution is -0.147. The fourth-order valence-electron chi connectivity index (χ4n) is 1.33. The van der Waals surface area contributed by atoms with Crippen molar-refractivity contribution >= 4 is 5.97 Å². The maximum absolute atomic E-state index is 11.1. The predicted octanol–water partition coefficient (Wildman–Crippen LogP) is 0.135. The Balaban J connectivity index is 2.63. The fourth-order valence-corrected chi connectivity index (χ4v) is 1.33. The highest BCUT2D eigenvalue weighted by Crippen LogP contribution is 2.21. The molecule has 1 rings (SSSR count). The Morgan fingerprint density at radius 1 is 1.47 bits per heavy atom. The van der Waals surface area contributed by atoms with E-state index in [2.05, 4.69) is 9.72 Å². The molecule has 0 aliphatic carbocycles. The van der Waals surface area contributed by atoms with Crippen molar-refractivity contribution in [3.8, 4) is 5.75 Å². The molecule has 0 saturated heterocycles. The quantitative estimate of drug-likeness (QED) is 0.634. The van der Waals surface area contributed by atoms with Gasteiger partial charge in [-0.1, -0.05) is 0 Å². The maximum atomic E-state index is 11.1. The first-order valence-electron chi connectivity index (χ1n) is 5.20. The van der Waals surface area contributed by atoms with Crippen LogP contribution >= 0.6 is 0 Å². The number of hydrogen-bond acceptors (Lipinski definition) is 6. The van der Waals surface area contributed by atoms with Crippen LogP contribution in [0.15, 0.2) is 18.5 Å². The first kappa shape index (κ1) is 13.4. The molecule has 1 aromatic heterocycles. The summed E-state index contributed by atoms with van der Waals surface area (Å²) in [4.78, 5) is 14.8. The van der Waals surface area contributed by atoms with E-state index in [0.717, 1.165) is 0 Å². The van der Waals surface area contributed by atoms with Gasteiger partial charge < -0.3 is 20.1 Å². The average molecular weight is 241 g/mol. The second-order valence-corrected chi connectivity index (χ2v) is 3.50. The predicted molar refractivity (Wildman–Crippen MR) is 58.1 cm³/mol. The van der Waals surface area contributed by atoms with Gasteiger partial charge in [-0.2, -0.15) is 0 Å². The minimum absolute atomic E-state index is 0.120. The van der Waals surface area contributed by atoms with Crippen LogP contribution in [0, 0.1) is 0 Å². The second kappa shape index (κ2) is 6.17. The molecule has 17 heavy (non-hydrogen) atoms. The van der Waals surface area contributed by atoms with Gasteiger partial charge in [0.25, 0.3) is 0 Å². The molecule has 0 fully saturated rings. The zero-order valence-corrected chi connectivity index (χ0v) is 9.41. The van der Waals surface area contributed by atoms with E-state index in [1.807, 2.05) is 0 Å². The molecule has 0 aromatic carbocycles. The molecule has 2 unspecified atom stereocenters. The van der Waals surface area contributed by atoms with Gasteiger partial charge in [-0.3, -0.25) is 9.78 Å². The Bertz CT molecular complexity index is 382. The van der Waals surface area contributed by atoms with Crippen LogP contribution in [0.3, 0.4) is 0 Å². The maximum Gasteiger partial charge on any atom is 0.308 e. The molecule has 0 spiro atoms. The van der Waals surface area contributed by atoms with Crippen LogP contribution in [0.2, 0.25) is 0 Å². The Morgan fingerprint density at radius 2 is 2.18 bits per heavy atom. The normalized spacial score (nSPS) is 14.1. The standard InChI is InChI=1S/C11H15NO5/c1-2-17-10(15)4-9(14)11(16)7-3-8(13)6-12-5-7/h3,5-6,9,11,13-14,16H,2,4H2,1H3. The monoisotopic (exact) mass is 241 g/mol. The number of ether oxygens (including phenoxy) is 1. The number of aliphatic hydroxyl groups excluding tert-OH is 2. The van der Waals surface area contributed by atoms with Crippen LogP contribution in [-0.4, -0.2) is 39.0 Å². The number of nitrogens with zero attached hydrogens (tertiary/aromatic N) is 1. The van der Waals surface area contributed by atoms with E-state index in [0.29, 0.717) is 0 Å². The lowest BCUT2D eigenvalue weighted by Gasteiger charge is -2.17. The third kappa shape index (κ3) is 4.01. The number of carbonyl (C=O) groups is 1. The smallest absolute Gasteiger partial charge is 0.308 e. The van der Waals surface area contributed by atoms with Crippen LogP contribution in [0.5, 0.6) is 5.75 Å². The SMILES string of the molecule is CCOC(=O)CC(O)C(O)c1cncc(O)c1. The van der Waals surface area contributed by atoms with Crippen LogP contribution < -0.4 is 0 Å². The van der Waals surface area contributed by atoms with E-state index >= 15 is 0 Å². The first-order chi connectivity index (χ1) is 8.04. The Labute approximate surface area is 98.5 Å². The van der Waals surface area contributed by atoms with Gasteiger partial charge in [-0.25, -0.2) is 0 Å². The van der Waals surface area contributed by atoms with E-state index in [9.17, 15) is 15.0 Å². The topological polar surface area (TPSA) is 99.9 Å². The molecule has 94 valence electrons. The van der Waals surface area contributed by atoms with Gasteiger partial charge in [-0.05, 0) is 13.0 Å². The number of pyridine rings is 1. The summed E-state index contributed by atoms with van der Waals surface area (Å²) in [5.41, 5.74) is 0.238. The van der Waals surface area contributed by atoms with Gasteiger partial charge in [0.1, 0.15) is 11.9 Å². The summed E-state index contributed by atoms with van der Waals surface area (Å²) >= 11 is 0. The van der Waals surface area contributed by atoms with E-state index in [1.165, 1.54) is 18.5 Å². The highest BCUT2D eigenvalue weighted by Gasteiger charge is 2.22. The van der Waals surface area contributed by atoms with Crippen molar-refractivity contribution in [3.63, 3.8) is 0 Å². The van der Waals surface area contributed by atoms with Crippen LogP contribution in [0.25, 0.3) is 0 Å². The lowest BCUT2D eigenvalue weighted by atomic mass is 10.0. The first-order valence-corrected chi connectivity index (χ1v) is 5.20. The second-order valence-electron chi connectivity index (χ2n) is 3.50. The Kier molecular flexibility index (Phi) is 4.86. The molecule has 0 amide bonds. The number of carbonyl (C=O) groups excluding carboxylic acids is 1. The number of aromatic hydroxyl groups is 1. The van der Waals surface area contributed by atoms with Crippen molar-refractivity contribution in [3.05, 3.63) is 24.0 Å². The Morgan fingerprint density at radius 3 is 2.76 bits per heavy atom. The summed E-state index contributed by atoms with van der Waals surface area (Å²) in [5, 5.41) is 28.5. The van der Waals surface area contributed by atoms with Crippen LogP contribution in [0.1, 0.15) is 25.0 Å². The summed E-state index contributed by atoms with van der Waals surface area (Å²) in [6.45, 7) is 1.87. The van der Waals surface area contributed by atoms with Crippen molar-refractivity contribution in [1.82, 2.24) is 4.98 Å². The fraction of sp³-hybridized carbons (Fsp3) is 0.455. The largest absolute Gasteiger partial charge is 0.506 e. The molecular weight excluding hydrogens is 226 g/mol. The summed E-state index contributed by atoms with van der Waals surface area (Å²) in [6, 6.07) is 1.27. The summed E-state index contributed by atoms with van der Waals surface area (Å²) < 4.78 is 4.65. The van der Waals surface area contributed by atoms with Gasteiger partial charge >= 0.3 is 5.97 Å². The summed E-state index contributed by atoms with van der Waals surface area (Å²) in [6.07, 6.45) is -0.395. The highest BCUT2D eigenvalue weighted by atomic mass is 16.5. The van der Waals surface area contributed by atoms with Gasteiger partial charge in [-0.15, -0.1) is 0 Å². The molecule has 6 nitrogen and oxygen atoms in total. The van der Waals surface area contributed by atoms with Gasteiger partial charge in [0.15, 0.2) is 0 Å². The molecule has 0 aliphatic rings. The number of aliphatic hydroxyl groups is 2. The molecule has 6 heteroatoms. The third-order valence-electron chi connectivity index (χ3n) is 2.13. The molecule has 1 aromatic rings. The van der Waals surface area contributed by atoms with Crippen molar-refractivity contribution in [2.24, 2.45) is 0 Å². The molecule has 0 bridgehead atoms.